The number of benzene rings is 1. The lowest BCUT2D eigenvalue weighted by Crippen LogP contribution is -2.32. The topological polar surface area (TPSA) is 51.1 Å². The fourth-order valence-electron chi connectivity index (χ4n) is 3.40. The number of aryl methyl sites for hydroxylation is 1. The van der Waals surface area contributed by atoms with E-state index in [4.69, 9.17) is 9.72 Å². The molecule has 1 aliphatic rings. The fourth-order valence-corrected chi connectivity index (χ4v) is 3.40. The maximum atomic E-state index is 5.89. The number of pyridine rings is 1. The lowest BCUT2D eigenvalue weighted by atomic mass is 10.1. The van der Waals surface area contributed by atoms with E-state index in [0.717, 1.165) is 49.7 Å². The zero-order chi connectivity index (χ0) is 18.5. The normalized spacial score (nSPS) is 16.4. The van der Waals surface area contributed by atoms with E-state index in [1.165, 1.54) is 5.56 Å². The van der Waals surface area contributed by atoms with Gasteiger partial charge in [-0.25, -0.2) is 9.97 Å². The first kappa shape index (κ1) is 17.6. The number of nitrogens with zero attached hydrogens (tertiary/aromatic N) is 4. The second kappa shape index (κ2) is 8.27. The van der Waals surface area contributed by atoms with Gasteiger partial charge in [0.1, 0.15) is 11.5 Å². The summed E-state index contributed by atoms with van der Waals surface area (Å²) in [5.74, 6) is 1.58. The number of anilines is 1. The summed E-state index contributed by atoms with van der Waals surface area (Å²) in [6.07, 6.45) is 4.26. The number of aromatic nitrogens is 3. The molecule has 2 aromatic heterocycles. The first-order valence-electron chi connectivity index (χ1n) is 9.45. The predicted molar refractivity (Wildman–Crippen MR) is 106 cm³/mol. The van der Waals surface area contributed by atoms with E-state index in [0.29, 0.717) is 5.82 Å². The van der Waals surface area contributed by atoms with E-state index < -0.39 is 0 Å². The van der Waals surface area contributed by atoms with Gasteiger partial charge < -0.3 is 9.64 Å². The monoisotopic (exact) mass is 360 g/mol. The van der Waals surface area contributed by atoms with E-state index in [-0.39, 0.29) is 6.10 Å². The van der Waals surface area contributed by atoms with Crippen LogP contribution in [-0.2, 0) is 11.3 Å². The van der Waals surface area contributed by atoms with Crippen molar-refractivity contribution in [3.05, 3.63) is 72.1 Å². The minimum Gasteiger partial charge on any atom is -0.376 e. The Hall–Kier alpha value is -2.79. The van der Waals surface area contributed by atoms with Crippen molar-refractivity contribution in [1.82, 2.24) is 15.0 Å². The molecule has 0 amide bonds. The summed E-state index contributed by atoms with van der Waals surface area (Å²) in [7, 11) is 0. The van der Waals surface area contributed by atoms with Crippen molar-refractivity contribution in [3.8, 4) is 11.5 Å². The molecule has 1 atom stereocenters. The van der Waals surface area contributed by atoms with Crippen molar-refractivity contribution in [2.45, 2.75) is 32.4 Å². The lowest BCUT2D eigenvalue weighted by molar-refractivity contribution is 0.115. The van der Waals surface area contributed by atoms with Crippen LogP contribution in [0.3, 0.4) is 0 Å². The molecule has 27 heavy (non-hydrogen) atoms. The van der Waals surface area contributed by atoms with Gasteiger partial charge in [-0.1, -0.05) is 36.4 Å². The molecule has 0 N–H and O–H groups in total. The molecule has 4 rings (SSSR count). The maximum absolute atomic E-state index is 5.89. The molecule has 3 heterocycles. The smallest absolute Gasteiger partial charge is 0.180 e. The number of hydrogen-bond acceptors (Lipinski definition) is 5. The largest absolute Gasteiger partial charge is 0.376 e. The average molecular weight is 360 g/mol. The Kier molecular flexibility index (Phi) is 5.39. The summed E-state index contributed by atoms with van der Waals surface area (Å²) in [4.78, 5) is 16.1. The van der Waals surface area contributed by atoms with Gasteiger partial charge in [0.15, 0.2) is 5.82 Å². The van der Waals surface area contributed by atoms with Gasteiger partial charge in [0.05, 0.1) is 6.10 Å². The van der Waals surface area contributed by atoms with Crippen LogP contribution in [-0.4, -0.2) is 34.2 Å². The molecule has 1 saturated heterocycles. The Labute approximate surface area is 160 Å². The van der Waals surface area contributed by atoms with Crippen LogP contribution in [0.4, 0.5) is 5.82 Å². The van der Waals surface area contributed by atoms with E-state index in [1.54, 1.807) is 6.20 Å². The molecule has 5 heteroatoms. The lowest BCUT2D eigenvalue weighted by Gasteiger charge is -2.27. The highest BCUT2D eigenvalue weighted by atomic mass is 16.5. The van der Waals surface area contributed by atoms with Crippen LogP contribution >= 0.6 is 0 Å². The molecule has 0 aliphatic carbocycles. The summed E-state index contributed by atoms with van der Waals surface area (Å²) in [6.45, 7) is 4.47. The number of ether oxygens (including phenoxy) is 1. The van der Waals surface area contributed by atoms with Crippen molar-refractivity contribution in [3.63, 3.8) is 0 Å². The van der Waals surface area contributed by atoms with Crippen molar-refractivity contribution >= 4 is 5.82 Å². The standard InChI is InChI=1S/C22H24N4O/c1-17-14-21(25-22(24-17)20-11-5-6-12-23-20)26(16-19-10-7-13-27-19)15-18-8-3-2-4-9-18/h2-6,8-9,11-12,14,19H,7,10,13,15-16H2,1H3. The zero-order valence-electron chi connectivity index (χ0n) is 15.6. The van der Waals surface area contributed by atoms with Gasteiger partial charge in [0.25, 0.3) is 0 Å². The molecule has 0 radical (unpaired) electrons. The van der Waals surface area contributed by atoms with Gasteiger partial charge in [-0.3, -0.25) is 4.98 Å². The summed E-state index contributed by atoms with van der Waals surface area (Å²) in [6, 6.07) is 18.3. The van der Waals surface area contributed by atoms with E-state index in [9.17, 15) is 0 Å². The molecule has 5 nitrogen and oxygen atoms in total. The second-order valence-electron chi connectivity index (χ2n) is 6.91. The third-order valence-corrected chi connectivity index (χ3v) is 4.72. The highest BCUT2D eigenvalue weighted by molar-refractivity contribution is 5.54. The summed E-state index contributed by atoms with van der Waals surface area (Å²) < 4.78 is 5.89. The Bertz CT molecular complexity index is 864. The van der Waals surface area contributed by atoms with Crippen LogP contribution in [0.2, 0.25) is 0 Å². The predicted octanol–water partition coefficient (Wildman–Crippen LogP) is 4.03. The van der Waals surface area contributed by atoms with E-state index in [1.807, 2.05) is 37.3 Å². The third kappa shape index (κ3) is 4.49. The molecule has 1 aliphatic heterocycles. The molecule has 1 fully saturated rings. The first-order valence-corrected chi connectivity index (χ1v) is 9.45. The van der Waals surface area contributed by atoms with Gasteiger partial charge in [0.2, 0.25) is 0 Å². The second-order valence-corrected chi connectivity index (χ2v) is 6.91. The zero-order valence-corrected chi connectivity index (χ0v) is 15.6. The van der Waals surface area contributed by atoms with Crippen LogP contribution in [0.5, 0.6) is 0 Å². The van der Waals surface area contributed by atoms with Gasteiger partial charge in [-0.2, -0.15) is 0 Å². The Morgan fingerprint density at radius 3 is 2.67 bits per heavy atom. The minimum atomic E-state index is 0.252. The van der Waals surface area contributed by atoms with Crippen molar-refractivity contribution in [2.75, 3.05) is 18.1 Å². The third-order valence-electron chi connectivity index (χ3n) is 4.72. The van der Waals surface area contributed by atoms with E-state index in [2.05, 4.69) is 39.1 Å². The Morgan fingerprint density at radius 2 is 1.93 bits per heavy atom. The quantitative estimate of drug-likeness (QED) is 0.664. The van der Waals surface area contributed by atoms with Crippen molar-refractivity contribution in [2.24, 2.45) is 0 Å². The first-order chi connectivity index (χ1) is 13.3. The van der Waals surface area contributed by atoms with Crippen molar-refractivity contribution < 1.29 is 4.74 Å². The Morgan fingerprint density at radius 1 is 1.07 bits per heavy atom. The molecule has 138 valence electrons. The van der Waals surface area contributed by atoms with Crippen molar-refractivity contribution in [1.29, 1.82) is 0 Å². The number of rotatable bonds is 6. The molecule has 1 unspecified atom stereocenters. The highest BCUT2D eigenvalue weighted by Crippen LogP contribution is 2.23. The maximum Gasteiger partial charge on any atom is 0.180 e. The molecule has 0 spiro atoms. The van der Waals surface area contributed by atoms with Gasteiger partial charge in [-0.05, 0) is 37.5 Å². The molecule has 3 aromatic rings. The average Bonchev–Trinajstić information content (AvgIpc) is 3.22. The molecule has 0 bridgehead atoms. The molecule has 0 saturated carbocycles. The number of hydrogen-bond donors (Lipinski definition) is 0. The summed E-state index contributed by atoms with van der Waals surface area (Å²) in [5, 5.41) is 0. The van der Waals surface area contributed by atoms with Gasteiger partial charge in [-0.15, -0.1) is 0 Å². The van der Waals surface area contributed by atoms with E-state index >= 15 is 0 Å². The van der Waals surface area contributed by atoms with Crippen LogP contribution in [0, 0.1) is 6.92 Å². The fraction of sp³-hybridized carbons (Fsp3) is 0.318. The van der Waals surface area contributed by atoms with Crippen LogP contribution < -0.4 is 4.90 Å². The molecular formula is C22H24N4O. The van der Waals surface area contributed by atoms with Crippen LogP contribution in [0.15, 0.2) is 60.8 Å². The van der Waals surface area contributed by atoms with Gasteiger partial charge >= 0.3 is 0 Å². The van der Waals surface area contributed by atoms with Crippen LogP contribution in [0.1, 0.15) is 24.1 Å². The molecular weight excluding hydrogens is 336 g/mol. The summed E-state index contributed by atoms with van der Waals surface area (Å²) >= 11 is 0. The van der Waals surface area contributed by atoms with Gasteiger partial charge in [0, 0.05) is 37.7 Å². The Balaban J connectivity index is 1.66. The molecule has 1 aromatic carbocycles. The SMILES string of the molecule is Cc1cc(N(Cc2ccccc2)CC2CCCO2)nc(-c2ccccn2)n1. The highest BCUT2D eigenvalue weighted by Gasteiger charge is 2.21. The minimum absolute atomic E-state index is 0.252. The summed E-state index contributed by atoms with van der Waals surface area (Å²) in [5.41, 5.74) is 2.98. The van der Waals surface area contributed by atoms with Crippen LogP contribution in [0.25, 0.3) is 11.5 Å².